The van der Waals surface area contributed by atoms with Crippen LogP contribution in [0.2, 0.25) is 0 Å². The van der Waals surface area contributed by atoms with Crippen LogP contribution in [0.4, 0.5) is 0 Å². The normalized spacial score (nSPS) is 20.5. The van der Waals surface area contributed by atoms with Gasteiger partial charge in [-0.05, 0) is 76.7 Å². The smallest absolute Gasteiger partial charge is 0.326 e. The van der Waals surface area contributed by atoms with Crippen molar-refractivity contribution in [3.8, 4) is 0 Å². The molecule has 0 aromatic heterocycles. The van der Waals surface area contributed by atoms with Crippen molar-refractivity contribution in [1.29, 1.82) is 0 Å². The fourth-order valence-electron chi connectivity index (χ4n) is 6.51. The van der Waals surface area contributed by atoms with Gasteiger partial charge in [0.05, 0.1) is 31.9 Å². The van der Waals surface area contributed by atoms with Gasteiger partial charge in [0.15, 0.2) is 0 Å². The van der Waals surface area contributed by atoms with Gasteiger partial charge in [0.25, 0.3) is 0 Å². The summed E-state index contributed by atoms with van der Waals surface area (Å²) in [6.45, 7) is 2.64. The number of hydrogen-bond acceptors (Lipinski definition) is 15. The van der Waals surface area contributed by atoms with Crippen molar-refractivity contribution in [1.82, 2.24) is 42.1 Å². The predicted octanol–water partition coefficient (Wildman–Crippen LogP) is -5.17. The molecule has 344 valence electrons. The number of thioether (sulfide) groups is 1. The molecule has 2 aliphatic heterocycles. The largest absolute Gasteiger partial charge is 0.480 e. The number of carbonyl (C=O) groups is 9. The van der Waals surface area contributed by atoms with Crippen LogP contribution >= 0.6 is 11.8 Å². The summed E-state index contributed by atoms with van der Waals surface area (Å²) in [6.07, 6.45) is 2.17. The highest BCUT2D eigenvalue weighted by atomic mass is 32.2. The minimum absolute atomic E-state index is 0.0370. The molecule has 8 amide bonds. The van der Waals surface area contributed by atoms with Crippen LogP contribution in [0.25, 0.3) is 0 Å². The average Bonchev–Trinajstić information content (AvgIpc) is 3.89. The molecule has 1 fully saturated rings. The highest BCUT2D eigenvalue weighted by molar-refractivity contribution is 7.98. The van der Waals surface area contributed by atoms with E-state index in [9.17, 15) is 63.6 Å². The monoisotopic (exact) mass is 886 g/mol. The summed E-state index contributed by atoms with van der Waals surface area (Å²) >= 11 is 1.36. The zero-order valence-electron chi connectivity index (χ0n) is 34.9. The van der Waals surface area contributed by atoms with Crippen molar-refractivity contribution < 1.29 is 63.6 Å². The van der Waals surface area contributed by atoms with Gasteiger partial charge in [-0.1, -0.05) is 6.92 Å². The Kier molecular flexibility index (Phi) is 22.6. The Morgan fingerprint density at radius 2 is 1.46 bits per heavy atom. The number of carboxylic acids is 1. The predicted molar refractivity (Wildman–Crippen MR) is 220 cm³/mol. The van der Waals surface area contributed by atoms with Crippen LogP contribution in [-0.4, -0.2) is 184 Å². The summed E-state index contributed by atoms with van der Waals surface area (Å²) in [7, 11) is 0. The number of hydrogen-bond donors (Lipinski definition) is 12. The number of nitrogens with two attached hydrogens (primary N) is 1. The lowest BCUT2D eigenvalue weighted by Gasteiger charge is -2.31. The lowest BCUT2D eigenvalue weighted by atomic mass is 10.0. The number of nitrogens with zero attached hydrogens (tertiary/aromatic N) is 2. The molecule has 0 radical (unpaired) electrons. The quantitative estimate of drug-likeness (QED) is 0.0362. The third-order valence-electron chi connectivity index (χ3n) is 10.0. The first kappa shape index (κ1) is 52.2. The number of amides is 8. The van der Waals surface area contributed by atoms with Crippen LogP contribution in [-0.2, 0) is 43.2 Å². The summed E-state index contributed by atoms with van der Waals surface area (Å²) in [5.74, 6) is -7.29. The molecule has 23 nitrogen and oxygen atoms in total. The Morgan fingerprint density at radius 3 is 2.02 bits per heavy atom. The van der Waals surface area contributed by atoms with Crippen molar-refractivity contribution in [3.63, 3.8) is 0 Å². The lowest BCUT2D eigenvalue weighted by molar-refractivity contribution is -0.144. The molecule has 13 N–H and O–H groups in total. The summed E-state index contributed by atoms with van der Waals surface area (Å²) in [4.78, 5) is 121. The number of aliphatic imine (C=N–C) groups is 1. The fraction of sp³-hybridized carbons (Fsp3) is 0.730. The van der Waals surface area contributed by atoms with Crippen LogP contribution in [0.3, 0.4) is 0 Å². The molecule has 2 aliphatic rings. The third-order valence-corrected chi connectivity index (χ3v) is 10.7. The Labute approximate surface area is 357 Å². The molecule has 0 spiro atoms. The average molecular weight is 887 g/mol. The van der Waals surface area contributed by atoms with Crippen LogP contribution in [0.1, 0.15) is 65.7 Å². The van der Waals surface area contributed by atoms with Gasteiger partial charge in [-0.2, -0.15) is 11.8 Å². The highest BCUT2D eigenvalue weighted by Crippen LogP contribution is 2.21. The van der Waals surface area contributed by atoms with E-state index in [2.05, 4.69) is 42.2 Å². The molecule has 0 saturated carbocycles. The maximum absolute atomic E-state index is 14.3. The summed E-state index contributed by atoms with van der Waals surface area (Å²) in [5.41, 5.74) is 5.19. The molecule has 0 aliphatic carbocycles. The van der Waals surface area contributed by atoms with Gasteiger partial charge in [0.2, 0.25) is 47.3 Å². The van der Waals surface area contributed by atoms with Crippen molar-refractivity contribution in [2.24, 2.45) is 16.6 Å². The second-order valence-corrected chi connectivity index (χ2v) is 15.9. The first-order chi connectivity index (χ1) is 28.9. The fourth-order valence-corrected chi connectivity index (χ4v) is 6.98. The zero-order valence-corrected chi connectivity index (χ0v) is 35.7. The summed E-state index contributed by atoms with van der Waals surface area (Å²) < 4.78 is 0. The first-order valence-corrected chi connectivity index (χ1v) is 21.5. The minimum Gasteiger partial charge on any atom is -0.480 e. The van der Waals surface area contributed by atoms with Crippen molar-refractivity contribution in [2.75, 3.05) is 44.8 Å². The van der Waals surface area contributed by atoms with E-state index in [-0.39, 0.29) is 50.6 Å². The number of rotatable bonds is 26. The second-order valence-electron chi connectivity index (χ2n) is 14.9. The number of nitrogens with one attached hydrogen (secondary N) is 7. The van der Waals surface area contributed by atoms with Gasteiger partial charge < -0.3 is 68.3 Å². The van der Waals surface area contributed by atoms with E-state index in [4.69, 9.17) is 5.73 Å². The number of unbranched alkanes of at least 4 members (excludes halogenated alkanes) is 1. The van der Waals surface area contributed by atoms with E-state index < -0.39 is 122 Å². The maximum atomic E-state index is 14.3. The number of carbonyl (C=O) groups excluding carboxylic acids is 8. The molecular weight excluding hydrogens is 825 g/mol. The molecule has 0 unspecified atom stereocenters. The molecule has 10 atom stereocenters. The van der Waals surface area contributed by atoms with Gasteiger partial charge in [-0.25, -0.2) is 4.79 Å². The van der Waals surface area contributed by atoms with Crippen LogP contribution in [0.5, 0.6) is 0 Å². The number of carboxylic acid groups (broad SMARTS) is 1. The Bertz CT molecular complexity index is 1590. The van der Waals surface area contributed by atoms with Gasteiger partial charge >= 0.3 is 5.97 Å². The molecule has 0 bridgehead atoms. The standard InChI is InChI=1S/C37H62N10O13S/c1-19-10-13-39-28(19)33(55)40-12-6-5-8-22(43-34(56)29(20(2)49)45-31(53)24(18-48)42-27(52)17-41-26(51)16-38)36(58)47-14-7-9-25(47)32(54)46-30(21(3)50)35(57)44-23(37(59)60)11-15-61-4/h13,19-25,28-30,48-50H,5-12,14-18,38H2,1-4H3,(H,40,55)(H,41,51)(H,42,52)(H,43,56)(H,44,57)(H,45,53)(H,46,54)(H,59,60)/t19-,20-,21-,22+,23+,24+,25+,28-,29+,30+/m1/s1. The van der Waals surface area contributed by atoms with E-state index in [1.807, 2.05) is 6.92 Å². The molecule has 24 heteroatoms. The summed E-state index contributed by atoms with van der Waals surface area (Å²) in [5, 5.41) is 57.1. The molecule has 0 aromatic carbocycles. The van der Waals surface area contributed by atoms with Gasteiger partial charge in [-0.15, -0.1) is 0 Å². The second kappa shape index (κ2) is 26.4. The van der Waals surface area contributed by atoms with Crippen molar-refractivity contribution in [3.05, 3.63) is 0 Å². The highest BCUT2D eigenvalue weighted by Gasteiger charge is 2.41. The number of likely N-dealkylation sites (tertiary alicyclic amines) is 1. The van der Waals surface area contributed by atoms with Crippen molar-refractivity contribution >= 4 is 71.2 Å². The number of aliphatic hydroxyl groups excluding tert-OH is 3. The van der Waals surface area contributed by atoms with E-state index in [0.717, 1.165) is 0 Å². The Hall–Kier alpha value is -4.91. The molecule has 61 heavy (non-hydrogen) atoms. The maximum Gasteiger partial charge on any atom is 0.326 e. The molecule has 2 heterocycles. The topological polar surface area (TPSA) is 360 Å². The number of aliphatic carboxylic acids is 1. The Morgan fingerprint density at radius 1 is 0.820 bits per heavy atom. The molecule has 2 rings (SSSR count). The molecular formula is C37H62N10O13S. The Balaban J connectivity index is 2.27. The lowest BCUT2D eigenvalue weighted by Crippen LogP contribution is -2.62. The zero-order chi connectivity index (χ0) is 45.8. The van der Waals surface area contributed by atoms with Gasteiger partial charge in [0.1, 0.15) is 42.3 Å². The summed E-state index contributed by atoms with van der Waals surface area (Å²) in [6, 6.07) is -9.30. The van der Waals surface area contributed by atoms with Crippen LogP contribution < -0.4 is 43.0 Å². The van der Waals surface area contributed by atoms with Crippen LogP contribution in [0, 0.1) is 5.92 Å². The van der Waals surface area contributed by atoms with E-state index in [0.29, 0.717) is 25.0 Å². The van der Waals surface area contributed by atoms with E-state index >= 15 is 0 Å². The van der Waals surface area contributed by atoms with E-state index in [1.54, 1.807) is 12.5 Å². The minimum atomic E-state index is -1.73. The molecule has 1 saturated heterocycles. The SMILES string of the molecule is CSCC[C@H](NC(=O)[C@@H](NC(=O)[C@@H]1CCCN1C(=O)[C@H](CCCCNC(=O)[C@@H]1N=CC[C@H]1C)NC(=O)[C@@H](NC(=O)[C@H](CO)NC(=O)CNC(=O)CN)[C@@H](C)O)[C@@H](C)O)C(=O)O. The van der Waals surface area contributed by atoms with Gasteiger partial charge in [-0.3, -0.25) is 43.3 Å². The van der Waals surface area contributed by atoms with E-state index in [1.165, 1.54) is 30.5 Å². The number of aliphatic hydroxyl groups is 3. The first-order valence-electron chi connectivity index (χ1n) is 20.1. The molecule has 0 aromatic rings. The van der Waals surface area contributed by atoms with Gasteiger partial charge in [0, 0.05) is 19.3 Å². The van der Waals surface area contributed by atoms with Crippen molar-refractivity contribution in [2.45, 2.75) is 120 Å². The third kappa shape index (κ3) is 16.8. The van der Waals surface area contributed by atoms with Crippen LogP contribution in [0.15, 0.2) is 4.99 Å².